The van der Waals surface area contributed by atoms with Crippen LogP contribution < -0.4 is 20.9 Å². The maximum atomic E-state index is 15.5. The van der Waals surface area contributed by atoms with Crippen molar-refractivity contribution in [3.63, 3.8) is 0 Å². The van der Waals surface area contributed by atoms with Gasteiger partial charge in [-0.2, -0.15) is 10.2 Å². The second-order valence-corrected chi connectivity index (χ2v) is 10.7. The predicted octanol–water partition coefficient (Wildman–Crippen LogP) is 3.70. The van der Waals surface area contributed by atoms with Gasteiger partial charge in [-0.1, -0.05) is 0 Å². The molecule has 43 heavy (non-hydrogen) atoms. The van der Waals surface area contributed by atoms with Crippen LogP contribution in [0.4, 0.5) is 19.0 Å². The van der Waals surface area contributed by atoms with Gasteiger partial charge in [-0.05, 0) is 67.6 Å². The van der Waals surface area contributed by atoms with Crippen molar-refractivity contribution in [2.45, 2.75) is 32.2 Å². The standard InChI is InChI=1S/C30H29F3N6O4/c1-3-43-25-10-20(26-21(6-18(11-34)8-23(26)31)29(42)39-15-30(32,33)16-39)9-24(36-25)37-27(40)22-7-19(14-38(2)28(22)41)13-35-12-17-4-5-17/h6-10,14,17,35H,3-5,12-13,15-16H2,1-2H3,(H,36,37,40). The first-order valence-corrected chi connectivity index (χ1v) is 13.8. The number of rotatable bonds is 10. The van der Waals surface area contributed by atoms with Crippen LogP contribution in [0.1, 0.15) is 51.6 Å². The zero-order valence-electron chi connectivity index (χ0n) is 23.5. The van der Waals surface area contributed by atoms with Gasteiger partial charge in [-0.15, -0.1) is 0 Å². The number of nitrogens with zero attached hydrogens (tertiary/aromatic N) is 4. The zero-order chi connectivity index (χ0) is 30.9. The smallest absolute Gasteiger partial charge is 0.282 e. The van der Waals surface area contributed by atoms with Crippen molar-refractivity contribution in [2.75, 3.05) is 31.6 Å². The lowest BCUT2D eigenvalue weighted by atomic mass is 9.95. The summed E-state index contributed by atoms with van der Waals surface area (Å²) in [4.78, 5) is 44.4. The third kappa shape index (κ3) is 6.70. The van der Waals surface area contributed by atoms with Gasteiger partial charge in [0.05, 0.1) is 36.9 Å². The molecule has 1 saturated heterocycles. The van der Waals surface area contributed by atoms with Crippen molar-refractivity contribution < 1.29 is 27.5 Å². The molecule has 2 aliphatic rings. The number of nitrogens with one attached hydrogen (secondary N) is 2. The Morgan fingerprint density at radius 3 is 2.56 bits per heavy atom. The van der Waals surface area contributed by atoms with Crippen LogP contribution in [0.3, 0.4) is 0 Å². The Morgan fingerprint density at radius 1 is 1.16 bits per heavy atom. The molecule has 1 aromatic carbocycles. The Balaban J connectivity index is 1.49. The van der Waals surface area contributed by atoms with Crippen LogP contribution in [0, 0.1) is 23.1 Å². The van der Waals surface area contributed by atoms with Crippen molar-refractivity contribution in [1.29, 1.82) is 5.26 Å². The second kappa shape index (κ2) is 11.9. The first kappa shape index (κ1) is 29.8. The number of halogens is 3. The van der Waals surface area contributed by atoms with E-state index >= 15 is 4.39 Å². The summed E-state index contributed by atoms with van der Waals surface area (Å²) in [7, 11) is 1.54. The van der Waals surface area contributed by atoms with E-state index in [-0.39, 0.29) is 46.1 Å². The fourth-order valence-corrected chi connectivity index (χ4v) is 4.86. The fraction of sp³-hybridized carbons (Fsp3) is 0.367. The van der Waals surface area contributed by atoms with E-state index in [9.17, 15) is 28.4 Å². The molecule has 3 aromatic rings. The van der Waals surface area contributed by atoms with Crippen LogP contribution >= 0.6 is 0 Å². The van der Waals surface area contributed by atoms with E-state index in [0.29, 0.717) is 12.5 Å². The number of anilines is 1. The van der Waals surface area contributed by atoms with Crippen LogP contribution in [0.5, 0.6) is 5.88 Å². The van der Waals surface area contributed by atoms with Gasteiger partial charge in [0.1, 0.15) is 17.2 Å². The summed E-state index contributed by atoms with van der Waals surface area (Å²) in [5, 5.41) is 15.2. The van der Waals surface area contributed by atoms with Gasteiger partial charge in [0.2, 0.25) is 5.88 Å². The third-order valence-electron chi connectivity index (χ3n) is 7.15. The van der Waals surface area contributed by atoms with Gasteiger partial charge in [0.15, 0.2) is 0 Å². The summed E-state index contributed by atoms with van der Waals surface area (Å²) in [6.45, 7) is 1.47. The van der Waals surface area contributed by atoms with Crippen LogP contribution in [0.15, 0.2) is 41.3 Å². The molecule has 3 heterocycles. The molecule has 0 atom stereocenters. The minimum atomic E-state index is -3.06. The Bertz CT molecular complexity index is 1690. The average molecular weight is 595 g/mol. The lowest BCUT2D eigenvalue weighted by Crippen LogP contribution is -2.58. The third-order valence-corrected chi connectivity index (χ3v) is 7.15. The van der Waals surface area contributed by atoms with E-state index < -0.39 is 42.2 Å². The van der Waals surface area contributed by atoms with E-state index in [4.69, 9.17) is 4.74 Å². The number of alkyl halides is 2. The molecule has 10 nitrogen and oxygen atoms in total. The summed E-state index contributed by atoms with van der Waals surface area (Å²) in [5.41, 5.74) is -0.677. The van der Waals surface area contributed by atoms with E-state index in [2.05, 4.69) is 15.6 Å². The average Bonchev–Trinajstić information content (AvgIpc) is 3.77. The normalized spacial score (nSPS) is 15.4. The molecule has 1 aliphatic heterocycles. The van der Waals surface area contributed by atoms with E-state index in [1.807, 2.05) is 0 Å². The molecule has 13 heteroatoms. The predicted molar refractivity (Wildman–Crippen MR) is 150 cm³/mol. The number of hydrogen-bond acceptors (Lipinski definition) is 7. The number of aromatic nitrogens is 2. The number of hydrogen-bond donors (Lipinski definition) is 2. The summed E-state index contributed by atoms with van der Waals surface area (Å²) in [5.74, 6) is -5.15. The molecule has 1 saturated carbocycles. The zero-order valence-corrected chi connectivity index (χ0v) is 23.5. The van der Waals surface area contributed by atoms with Gasteiger partial charge in [-0.25, -0.2) is 13.2 Å². The van der Waals surface area contributed by atoms with Crippen LogP contribution in [0.2, 0.25) is 0 Å². The number of carbonyl (C=O) groups is 2. The van der Waals surface area contributed by atoms with Gasteiger partial charge in [-0.3, -0.25) is 14.4 Å². The highest BCUT2D eigenvalue weighted by Gasteiger charge is 2.47. The second-order valence-electron chi connectivity index (χ2n) is 10.7. The van der Waals surface area contributed by atoms with Gasteiger partial charge in [0.25, 0.3) is 23.3 Å². The maximum Gasteiger partial charge on any atom is 0.282 e. The summed E-state index contributed by atoms with van der Waals surface area (Å²) < 4.78 is 49.4. The maximum absolute atomic E-state index is 15.5. The quantitative estimate of drug-likeness (QED) is 0.366. The summed E-state index contributed by atoms with van der Waals surface area (Å²) in [6.07, 6.45) is 4.01. The topological polar surface area (TPSA) is 129 Å². The Morgan fingerprint density at radius 2 is 1.91 bits per heavy atom. The molecule has 2 N–H and O–H groups in total. The number of likely N-dealkylation sites (tertiary alicyclic amines) is 1. The minimum Gasteiger partial charge on any atom is -0.478 e. The monoisotopic (exact) mass is 594 g/mol. The molecule has 0 spiro atoms. The van der Waals surface area contributed by atoms with Crippen molar-refractivity contribution >= 4 is 17.6 Å². The molecule has 2 aromatic heterocycles. The molecule has 5 rings (SSSR count). The van der Waals surface area contributed by atoms with Gasteiger partial charge < -0.3 is 24.8 Å². The first-order chi connectivity index (χ1) is 20.5. The summed E-state index contributed by atoms with van der Waals surface area (Å²) in [6, 6.07) is 7.91. The Labute approximate surface area is 245 Å². The lowest BCUT2D eigenvalue weighted by molar-refractivity contribution is -0.113. The highest BCUT2D eigenvalue weighted by atomic mass is 19.3. The summed E-state index contributed by atoms with van der Waals surface area (Å²) >= 11 is 0. The molecule has 224 valence electrons. The highest BCUT2D eigenvalue weighted by Crippen LogP contribution is 2.35. The molecule has 1 aliphatic carbocycles. The molecule has 2 amide bonds. The SMILES string of the molecule is CCOc1cc(-c2c(F)cc(C#N)cc2C(=O)N2CC(F)(F)C2)cc(NC(=O)c2cc(CNCC3CC3)cn(C)c2=O)n1. The molecule has 0 unspecified atom stereocenters. The molecular weight excluding hydrogens is 565 g/mol. The van der Waals surface area contributed by atoms with Crippen molar-refractivity contribution in [1.82, 2.24) is 19.8 Å². The lowest BCUT2D eigenvalue weighted by Gasteiger charge is -2.39. The number of pyridine rings is 2. The van der Waals surface area contributed by atoms with Crippen LogP contribution in [-0.4, -0.2) is 58.4 Å². The van der Waals surface area contributed by atoms with Crippen LogP contribution in [-0.2, 0) is 13.6 Å². The minimum absolute atomic E-state index is 0.0288. The molecule has 2 fully saturated rings. The molecule has 0 bridgehead atoms. The van der Waals surface area contributed by atoms with E-state index in [1.165, 1.54) is 42.7 Å². The van der Waals surface area contributed by atoms with E-state index in [0.717, 1.165) is 29.1 Å². The number of ether oxygens (including phenoxy) is 1. The molecular formula is C30H29F3N6O4. The Hall–Kier alpha value is -4.70. The fourth-order valence-electron chi connectivity index (χ4n) is 4.86. The van der Waals surface area contributed by atoms with Crippen molar-refractivity contribution in [3.05, 3.63) is 75.0 Å². The number of aryl methyl sites for hydroxylation is 1. The highest BCUT2D eigenvalue weighted by molar-refractivity contribution is 6.05. The Kier molecular flexibility index (Phi) is 8.23. The molecule has 0 radical (unpaired) electrons. The number of benzene rings is 1. The van der Waals surface area contributed by atoms with Gasteiger partial charge >= 0.3 is 0 Å². The van der Waals surface area contributed by atoms with Crippen molar-refractivity contribution in [3.8, 4) is 23.1 Å². The van der Waals surface area contributed by atoms with Crippen molar-refractivity contribution in [2.24, 2.45) is 13.0 Å². The van der Waals surface area contributed by atoms with Crippen LogP contribution in [0.25, 0.3) is 11.1 Å². The number of carbonyl (C=O) groups excluding carboxylic acids is 2. The largest absolute Gasteiger partial charge is 0.478 e. The van der Waals surface area contributed by atoms with E-state index in [1.54, 1.807) is 19.2 Å². The van der Waals surface area contributed by atoms with Gasteiger partial charge in [0, 0.05) is 31.4 Å². The first-order valence-electron chi connectivity index (χ1n) is 13.8. The number of amides is 2. The number of nitriles is 1.